The summed E-state index contributed by atoms with van der Waals surface area (Å²) in [6.45, 7) is 7.07. The molecule has 8 heterocycles. The summed E-state index contributed by atoms with van der Waals surface area (Å²) >= 11 is 0. The quantitative estimate of drug-likeness (QED) is 0.0446. The summed E-state index contributed by atoms with van der Waals surface area (Å²) in [5.41, 5.74) is 2.29. The average Bonchev–Trinajstić information content (AvgIpc) is 4.09. The van der Waals surface area contributed by atoms with Crippen LogP contribution in [-0.4, -0.2) is 124 Å². The Morgan fingerprint density at radius 2 is 1.74 bits per heavy atom. The number of carbonyl (C=O) groups is 5. The Balaban J connectivity index is 0.708. The summed E-state index contributed by atoms with van der Waals surface area (Å²) in [6, 6.07) is 12.8. The number of rotatable bonds is 15. The minimum atomic E-state index is -1.01. The molecular formula is C55H55F2N9O7. The van der Waals surface area contributed by atoms with Gasteiger partial charge in [-0.05, 0) is 80.9 Å². The van der Waals surface area contributed by atoms with Crippen molar-refractivity contribution in [3.05, 3.63) is 101 Å². The van der Waals surface area contributed by atoms with Crippen LogP contribution in [0.25, 0.3) is 32.9 Å². The van der Waals surface area contributed by atoms with Crippen molar-refractivity contribution in [3.63, 3.8) is 0 Å². The van der Waals surface area contributed by atoms with Gasteiger partial charge in [0.2, 0.25) is 11.8 Å². The smallest absolute Gasteiger partial charge is 0.407 e. The van der Waals surface area contributed by atoms with Crippen molar-refractivity contribution < 1.29 is 42.2 Å². The van der Waals surface area contributed by atoms with Crippen molar-refractivity contribution in [3.8, 4) is 29.6 Å². The molecule has 5 atom stereocenters. The molecule has 5 fully saturated rings. The minimum Gasteiger partial charge on any atom is -0.461 e. The molecule has 6 aliphatic heterocycles. The molecule has 6 aliphatic rings. The Labute approximate surface area is 420 Å². The van der Waals surface area contributed by atoms with Crippen LogP contribution < -0.4 is 25.6 Å². The SMILES string of the molecule is C#Cc1c(F)ccc2cccc(-c3ncc4c(N5CC6CCC(C5)N6)nc(OC[C@@]56CC[C@@H](COC(=O)NCCCCCCc7cccc8c7C(=O)N(C7CCC(=O)NC7=O)C8=O)N5CC(=C)C6)nc4c3F)c12. The number of anilines is 1. The van der Waals surface area contributed by atoms with E-state index < -0.39 is 52.9 Å². The third-order valence-electron chi connectivity index (χ3n) is 15.6. The number of nitrogens with zero attached hydrogens (tertiary/aromatic N) is 6. The number of halogens is 2. The van der Waals surface area contributed by atoms with Crippen molar-refractivity contribution >= 4 is 57.2 Å². The molecule has 376 valence electrons. The monoisotopic (exact) mass is 991 g/mol. The van der Waals surface area contributed by atoms with E-state index in [2.05, 4.69) is 43.2 Å². The van der Waals surface area contributed by atoms with Gasteiger partial charge >= 0.3 is 12.1 Å². The lowest BCUT2D eigenvalue weighted by molar-refractivity contribution is -0.136. The molecule has 3 N–H and O–H groups in total. The molecule has 16 nitrogen and oxygen atoms in total. The summed E-state index contributed by atoms with van der Waals surface area (Å²) in [7, 11) is 0. The molecule has 0 radical (unpaired) electrons. The van der Waals surface area contributed by atoms with E-state index in [9.17, 15) is 24.0 Å². The van der Waals surface area contributed by atoms with Crippen LogP contribution in [0.1, 0.15) is 102 Å². The van der Waals surface area contributed by atoms with Crippen molar-refractivity contribution in [2.75, 3.05) is 44.3 Å². The first-order valence-electron chi connectivity index (χ1n) is 25.3. The number of imide groups is 2. The summed E-state index contributed by atoms with van der Waals surface area (Å²) in [6.07, 6.45) is 14.9. The number of pyridine rings is 1. The number of piperidine rings is 1. The lowest BCUT2D eigenvalue weighted by Gasteiger charge is -2.35. The summed E-state index contributed by atoms with van der Waals surface area (Å²) < 4.78 is 44.5. The van der Waals surface area contributed by atoms with Crippen molar-refractivity contribution in [1.29, 1.82) is 0 Å². The summed E-state index contributed by atoms with van der Waals surface area (Å²) in [5.74, 6) is -0.380. The number of fused-ring (bicyclic) bond motifs is 6. The average molecular weight is 992 g/mol. The molecule has 0 aliphatic carbocycles. The molecule has 0 spiro atoms. The Kier molecular flexibility index (Phi) is 12.9. The lowest BCUT2D eigenvalue weighted by Crippen LogP contribution is -2.54. The fourth-order valence-corrected chi connectivity index (χ4v) is 12.1. The van der Waals surface area contributed by atoms with Gasteiger partial charge in [0.25, 0.3) is 11.8 Å². The maximum absolute atomic E-state index is 17.2. The van der Waals surface area contributed by atoms with Crippen LogP contribution in [0, 0.1) is 24.0 Å². The lowest BCUT2D eigenvalue weighted by atomic mass is 9.94. The molecule has 73 heavy (non-hydrogen) atoms. The van der Waals surface area contributed by atoms with E-state index in [1.807, 2.05) is 6.07 Å². The normalized spacial score (nSPS) is 23.5. The van der Waals surface area contributed by atoms with E-state index in [1.54, 1.807) is 42.6 Å². The third kappa shape index (κ3) is 8.92. The fraction of sp³-hybridized carbons (Fsp3) is 0.418. The molecule has 3 unspecified atom stereocenters. The number of unbranched alkanes of at least 4 members (excludes halogenated alkanes) is 3. The Morgan fingerprint density at radius 1 is 0.945 bits per heavy atom. The molecule has 3 aromatic carbocycles. The number of piperazine rings is 1. The number of aromatic nitrogens is 3. The topological polar surface area (TPSA) is 188 Å². The predicted octanol–water partition coefficient (Wildman–Crippen LogP) is 6.52. The number of terminal acetylenes is 1. The van der Waals surface area contributed by atoms with Crippen molar-refractivity contribution in [2.45, 2.75) is 107 Å². The number of amides is 5. The van der Waals surface area contributed by atoms with Gasteiger partial charge in [-0.3, -0.25) is 39.3 Å². The number of hydrogen-bond donors (Lipinski definition) is 3. The van der Waals surface area contributed by atoms with Crippen LogP contribution >= 0.6 is 0 Å². The van der Waals surface area contributed by atoms with Crippen LogP contribution in [0.4, 0.5) is 19.4 Å². The van der Waals surface area contributed by atoms with Gasteiger partial charge in [-0.25, -0.2) is 13.6 Å². The molecule has 5 saturated heterocycles. The third-order valence-corrected chi connectivity index (χ3v) is 15.6. The molecular weight excluding hydrogens is 937 g/mol. The largest absolute Gasteiger partial charge is 0.461 e. The second-order valence-electron chi connectivity index (χ2n) is 20.3. The molecule has 11 rings (SSSR count). The second kappa shape index (κ2) is 19.6. The second-order valence-corrected chi connectivity index (χ2v) is 20.3. The molecule has 5 aromatic rings. The first-order chi connectivity index (χ1) is 35.4. The van der Waals surface area contributed by atoms with E-state index >= 15 is 8.78 Å². The van der Waals surface area contributed by atoms with Gasteiger partial charge in [0.15, 0.2) is 5.82 Å². The van der Waals surface area contributed by atoms with Crippen LogP contribution in [-0.2, 0) is 20.7 Å². The zero-order valence-corrected chi connectivity index (χ0v) is 40.3. The number of alkyl carbamates (subject to hydrolysis) is 1. The predicted molar refractivity (Wildman–Crippen MR) is 267 cm³/mol. The highest BCUT2D eigenvalue weighted by Crippen LogP contribution is 2.45. The van der Waals surface area contributed by atoms with Gasteiger partial charge in [0, 0.05) is 67.9 Å². The van der Waals surface area contributed by atoms with Crippen molar-refractivity contribution in [2.24, 2.45) is 0 Å². The molecule has 5 amide bonds. The van der Waals surface area contributed by atoms with Crippen LogP contribution in [0.5, 0.6) is 6.01 Å². The highest BCUT2D eigenvalue weighted by atomic mass is 19.1. The van der Waals surface area contributed by atoms with E-state index in [0.717, 1.165) is 61.0 Å². The maximum atomic E-state index is 17.2. The van der Waals surface area contributed by atoms with Gasteiger partial charge in [0.05, 0.1) is 27.6 Å². The highest BCUT2D eigenvalue weighted by molar-refractivity contribution is 6.24. The molecule has 2 bridgehead atoms. The molecule has 18 heteroatoms. The van der Waals surface area contributed by atoms with Crippen molar-refractivity contribution in [1.82, 2.24) is 40.7 Å². The Morgan fingerprint density at radius 3 is 2.55 bits per heavy atom. The maximum Gasteiger partial charge on any atom is 0.407 e. The zero-order chi connectivity index (χ0) is 50.5. The number of benzene rings is 3. The number of carbonyl (C=O) groups excluding carboxylic acids is 5. The standard InChI is InChI=1S/C55H55F2N9O7/c1-3-37-41(56)18-15-33-12-8-13-38(44(33)37)47-46(57)48-40(25-59-47)49(64-27-34-16-17-35(28-64)60-34)63-53(62-48)73-30-55-22-21-36(65(55)26-31(2)24-55)29-72-54(71)58-23-7-5-4-6-10-32-11-9-14-39-45(32)52(70)66(51(39)69)42-19-20-43(67)61-50(42)68/h1,8-9,11-15,18,25,34-36,42,60H,2,4-7,10,16-17,19-24,26-30H2,(H,58,71)(H,61,67,68)/t34?,35?,36-,42?,55-/m0/s1. The zero-order valence-electron chi connectivity index (χ0n) is 40.3. The Bertz CT molecular complexity index is 3170. The van der Waals surface area contributed by atoms with Gasteiger partial charge in [-0.2, -0.15) is 9.97 Å². The van der Waals surface area contributed by atoms with Gasteiger partial charge in [0.1, 0.15) is 42.1 Å². The summed E-state index contributed by atoms with van der Waals surface area (Å²) in [5, 5.41) is 10.2. The van der Waals surface area contributed by atoms with E-state index in [4.69, 9.17) is 25.9 Å². The fourth-order valence-electron chi connectivity index (χ4n) is 12.1. The van der Waals surface area contributed by atoms with Gasteiger partial charge in [-0.1, -0.05) is 67.3 Å². The number of aryl methyl sites for hydroxylation is 1. The first kappa shape index (κ1) is 47.9. The molecule has 0 saturated carbocycles. The van der Waals surface area contributed by atoms with Crippen LogP contribution in [0.2, 0.25) is 0 Å². The van der Waals surface area contributed by atoms with E-state index in [1.165, 1.54) is 6.07 Å². The highest BCUT2D eigenvalue weighted by Gasteiger charge is 2.52. The van der Waals surface area contributed by atoms with Gasteiger partial charge < -0.3 is 25.0 Å². The molecule has 2 aromatic heterocycles. The van der Waals surface area contributed by atoms with E-state index in [0.29, 0.717) is 78.5 Å². The first-order valence-corrected chi connectivity index (χ1v) is 25.3. The van der Waals surface area contributed by atoms with Crippen LogP contribution in [0.3, 0.4) is 0 Å². The number of ether oxygens (including phenoxy) is 2. The number of hydrogen-bond acceptors (Lipinski definition) is 13. The van der Waals surface area contributed by atoms with Gasteiger partial charge in [-0.15, -0.1) is 6.42 Å². The van der Waals surface area contributed by atoms with Crippen LogP contribution in [0.15, 0.2) is 66.9 Å². The number of nitrogens with one attached hydrogen (secondary N) is 3. The summed E-state index contributed by atoms with van der Waals surface area (Å²) in [4.78, 5) is 83.5. The Hall–Kier alpha value is -7.36. The minimum absolute atomic E-state index is 0.0127. The van der Waals surface area contributed by atoms with E-state index in [-0.39, 0.29) is 72.5 Å².